The molecule has 0 aromatic carbocycles. The zero-order valence-electron chi connectivity index (χ0n) is 18.8. The van der Waals surface area contributed by atoms with Crippen LogP contribution in [0.2, 0.25) is 0 Å². The van der Waals surface area contributed by atoms with E-state index >= 15 is 0 Å². The highest BCUT2D eigenvalue weighted by Crippen LogP contribution is 2.44. The predicted molar refractivity (Wildman–Crippen MR) is 114 cm³/mol. The van der Waals surface area contributed by atoms with E-state index in [1.165, 1.54) is 12.7 Å². The highest BCUT2D eigenvalue weighted by Gasteiger charge is 2.40. The Hall–Kier alpha value is -1.66. The summed E-state index contributed by atoms with van der Waals surface area (Å²) in [6, 6.07) is 0. The summed E-state index contributed by atoms with van der Waals surface area (Å²) in [7, 11) is 1.28. The van der Waals surface area contributed by atoms with Crippen LogP contribution in [-0.4, -0.2) is 47.6 Å². The maximum Gasteiger partial charge on any atom is 0.308 e. The summed E-state index contributed by atoms with van der Waals surface area (Å²) in [5, 5.41) is 20.4. The Balaban J connectivity index is 2.01. The van der Waals surface area contributed by atoms with Gasteiger partial charge < -0.3 is 19.7 Å². The van der Waals surface area contributed by atoms with E-state index in [4.69, 9.17) is 4.74 Å². The van der Waals surface area contributed by atoms with Gasteiger partial charge in [0.2, 0.25) is 0 Å². The van der Waals surface area contributed by atoms with Gasteiger partial charge in [-0.3, -0.25) is 9.59 Å². The number of ether oxygens (including phenoxy) is 2. The molecular weight excluding hydrogens is 384 g/mol. The third-order valence-corrected chi connectivity index (χ3v) is 6.64. The molecule has 2 aliphatic rings. The van der Waals surface area contributed by atoms with Crippen LogP contribution in [-0.2, 0) is 19.1 Å². The first-order valence-electron chi connectivity index (χ1n) is 11.3. The van der Waals surface area contributed by atoms with Crippen molar-refractivity contribution in [2.24, 2.45) is 23.7 Å². The molecule has 0 amide bonds. The van der Waals surface area contributed by atoms with Gasteiger partial charge in [0.25, 0.3) is 0 Å². The van der Waals surface area contributed by atoms with Crippen molar-refractivity contribution < 1.29 is 29.3 Å². The van der Waals surface area contributed by atoms with Gasteiger partial charge in [-0.15, -0.1) is 0 Å². The van der Waals surface area contributed by atoms with Gasteiger partial charge in [-0.05, 0) is 55.9 Å². The molecule has 0 bridgehead atoms. The van der Waals surface area contributed by atoms with Crippen molar-refractivity contribution in [2.75, 3.05) is 7.11 Å². The first-order valence-corrected chi connectivity index (χ1v) is 11.3. The minimum atomic E-state index is -0.912. The topological polar surface area (TPSA) is 93.1 Å². The number of allylic oxidation sites excluding steroid dienone is 3. The summed E-state index contributed by atoms with van der Waals surface area (Å²) >= 11 is 0. The maximum absolute atomic E-state index is 12.4. The van der Waals surface area contributed by atoms with Gasteiger partial charge >= 0.3 is 11.9 Å². The largest absolute Gasteiger partial charge is 0.469 e. The lowest BCUT2D eigenvalue weighted by molar-refractivity contribution is -0.158. The molecule has 30 heavy (non-hydrogen) atoms. The molecule has 0 radical (unpaired) electrons. The van der Waals surface area contributed by atoms with Gasteiger partial charge in [0.1, 0.15) is 6.10 Å². The van der Waals surface area contributed by atoms with Crippen LogP contribution in [0.1, 0.15) is 65.7 Å². The molecule has 6 nitrogen and oxygen atoms in total. The second-order valence-corrected chi connectivity index (χ2v) is 8.87. The standard InChI is InChI=1S/C24H38O6/c1-5-15(2)24(28)30-21-8-6-7-17-10-9-16(3)20(23(17)21)12-11-18(25)13-19(26)14-22(27)29-4/h7,9-10,15-16,18-21,23,25-26H,5-6,8,11-14H2,1-4H3. The van der Waals surface area contributed by atoms with E-state index in [9.17, 15) is 19.8 Å². The molecule has 0 heterocycles. The molecule has 7 unspecified atom stereocenters. The van der Waals surface area contributed by atoms with Gasteiger partial charge in [0, 0.05) is 5.92 Å². The Morgan fingerprint density at radius 3 is 2.67 bits per heavy atom. The molecule has 0 aromatic rings. The first-order chi connectivity index (χ1) is 14.3. The van der Waals surface area contributed by atoms with Crippen LogP contribution in [0.25, 0.3) is 0 Å². The van der Waals surface area contributed by atoms with Crippen molar-refractivity contribution >= 4 is 11.9 Å². The second-order valence-electron chi connectivity index (χ2n) is 8.87. The van der Waals surface area contributed by atoms with Gasteiger partial charge in [-0.1, -0.05) is 39.0 Å². The molecule has 0 fully saturated rings. The lowest BCUT2D eigenvalue weighted by Gasteiger charge is -2.42. The number of carbonyl (C=O) groups excluding carboxylic acids is 2. The minimum Gasteiger partial charge on any atom is -0.469 e. The van der Waals surface area contributed by atoms with Crippen molar-refractivity contribution in [3.05, 3.63) is 23.8 Å². The van der Waals surface area contributed by atoms with Crippen LogP contribution < -0.4 is 0 Å². The fourth-order valence-corrected chi connectivity index (χ4v) is 4.56. The Bertz CT molecular complexity index is 640. The number of aliphatic hydroxyl groups is 2. The zero-order chi connectivity index (χ0) is 22.3. The van der Waals surface area contributed by atoms with Crippen molar-refractivity contribution in [1.82, 2.24) is 0 Å². The molecule has 2 rings (SSSR count). The molecule has 0 aliphatic heterocycles. The average molecular weight is 423 g/mol. The number of rotatable bonds is 10. The van der Waals surface area contributed by atoms with Gasteiger partial charge in [0.15, 0.2) is 0 Å². The SMILES string of the molecule is CCC(C)C(=O)OC1CCC=C2C=CC(C)C(CCC(O)CC(O)CC(=O)OC)C21. The highest BCUT2D eigenvalue weighted by molar-refractivity contribution is 5.72. The Morgan fingerprint density at radius 2 is 2.00 bits per heavy atom. The molecule has 6 heteroatoms. The van der Waals surface area contributed by atoms with Gasteiger partial charge in [-0.25, -0.2) is 0 Å². The summed E-state index contributed by atoms with van der Waals surface area (Å²) in [5.74, 6) is -0.0169. The van der Waals surface area contributed by atoms with E-state index in [1.807, 2.05) is 13.8 Å². The summed E-state index contributed by atoms with van der Waals surface area (Å²) in [5.41, 5.74) is 1.23. The fraction of sp³-hybridized carbons (Fsp3) is 0.750. The maximum atomic E-state index is 12.4. The number of carbonyl (C=O) groups is 2. The third-order valence-electron chi connectivity index (χ3n) is 6.64. The van der Waals surface area contributed by atoms with Crippen LogP contribution in [0.4, 0.5) is 0 Å². The Morgan fingerprint density at radius 1 is 1.27 bits per heavy atom. The molecule has 0 spiro atoms. The number of methoxy groups -OCH3 is 1. The number of fused-ring (bicyclic) bond motifs is 1. The molecular formula is C24H38O6. The van der Waals surface area contributed by atoms with Crippen LogP contribution in [0.15, 0.2) is 23.8 Å². The number of hydrogen-bond acceptors (Lipinski definition) is 6. The smallest absolute Gasteiger partial charge is 0.308 e. The van der Waals surface area contributed by atoms with E-state index in [-0.39, 0.29) is 42.7 Å². The first kappa shape index (κ1) is 24.6. The lowest BCUT2D eigenvalue weighted by Crippen LogP contribution is -2.40. The average Bonchev–Trinajstić information content (AvgIpc) is 2.72. The minimum absolute atomic E-state index is 0.104. The summed E-state index contributed by atoms with van der Waals surface area (Å²) in [6.07, 6.45) is 8.67. The van der Waals surface area contributed by atoms with Crippen LogP contribution in [0, 0.1) is 23.7 Å². The van der Waals surface area contributed by atoms with Gasteiger partial charge in [0.05, 0.1) is 31.7 Å². The van der Waals surface area contributed by atoms with E-state index in [0.29, 0.717) is 12.3 Å². The lowest BCUT2D eigenvalue weighted by atomic mass is 9.66. The second kappa shape index (κ2) is 11.7. The van der Waals surface area contributed by atoms with Crippen LogP contribution in [0.3, 0.4) is 0 Å². The molecule has 0 saturated heterocycles. The van der Waals surface area contributed by atoms with Crippen molar-refractivity contribution in [2.45, 2.75) is 84.0 Å². The van der Waals surface area contributed by atoms with Crippen LogP contribution >= 0.6 is 0 Å². The Labute approximate surface area is 180 Å². The fourth-order valence-electron chi connectivity index (χ4n) is 4.56. The molecule has 7 atom stereocenters. The third kappa shape index (κ3) is 6.67. The van der Waals surface area contributed by atoms with Crippen molar-refractivity contribution in [3.8, 4) is 0 Å². The van der Waals surface area contributed by atoms with Crippen LogP contribution in [0.5, 0.6) is 0 Å². The molecule has 2 aliphatic carbocycles. The van der Waals surface area contributed by atoms with Crippen molar-refractivity contribution in [3.63, 3.8) is 0 Å². The quantitative estimate of drug-likeness (QED) is 0.523. The number of hydrogen-bond donors (Lipinski definition) is 2. The predicted octanol–water partition coefficient (Wildman–Crippen LogP) is 3.56. The Kier molecular flexibility index (Phi) is 9.56. The van der Waals surface area contributed by atoms with E-state index < -0.39 is 18.2 Å². The van der Waals surface area contributed by atoms with E-state index in [0.717, 1.165) is 25.7 Å². The van der Waals surface area contributed by atoms with E-state index in [2.05, 4.69) is 29.9 Å². The number of aliphatic hydroxyl groups excluding tert-OH is 2. The summed E-state index contributed by atoms with van der Waals surface area (Å²) < 4.78 is 10.5. The van der Waals surface area contributed by atoms with Crippen molar-refractivity contribution in [1.29, 1.82) is 0 Å². The molecule has 0 saturated carbocycles. The molecule has 2 N–H and O–H groups in total. The molecule has 0 aromatic heterocycles. The summed E-state index contributed by atoms with van der Waals surface area (Å²) in [4.78, 5) is 23.7. The monoisotopic (exact) mass is 422 g/mol. The van der Waals surface area contributed by atoms with Gasteiger partial charge in [-0.2, -0.15) is 0 Å². The number of esters is 2. The highest BCUT2D eigenvalue weighted by atomic mass is 16.5. The normalized spacial score (nSPS) is 28.7. The zero-order valence-corrected chi connectivity index (χ0v) is 18.8. The molecule has 170 valence electrons. The van der Waals surface area contributed by atoms with E-state index in [1.54, 1.807) is 0 Å². The summed E-state index contributed by atoms with van der Waals surface area (Å²) in [6.45, 7) is 6.06.